The van der Waals surface area contributed by atoms with E-state index in [9.17, 15) is 4.79 Å². The van der Waals surface area contributed by atoms with Gasteiger partial charge in [0.25, 0.3) is 0 Å². The number of halogens is 1. The molecule has 3 rings (SSSR count). The van der Waals surface area contributed by atoms with E-state index >= 15 is 0 Å². The predicted molar refractivity (Wildman–Crippen MR) is 113 cm³/mol. The van der Waals surface area contributed by atoms with Crippen LogP contribution in [-0.2, 0) is 17.8 Å². The van der Waals surface area contributed by atoms with Gasteiger partial charge in [-0.2, -0.15) is 0 Å². The molecule has 0 unspecified atom stereocenters. The summed E-state index contributed by atoms with van der Waals surface area (Å²) in [6.07, 6.45) is 2.96. The number of hydrogen-bond acceptors (Lipinski definition) is 3. The zero-order valence-electron chi connectivity index (χ0n) is 16.2. The van der Waals surface area contributed by atoms with Gasteiger partial charge in [-0.15, -0.1) is 0 Å². The van der Waals surface area contributed by atoms with Crippen molar-refractivity contribution in [2.24, 2.45) is 0 Å². The number of amides is 1. The van der Waals surface area contributed by atoms with Crippen LogP contribution in [0.5, 0.6) is 5.75 Å². The number of rotatable bonds is 10. The summed E-state index contributed by atoms with van der Waals surface area (Å²) >= 11 is 6.14. The smallest absolute Gasteiger partial charge is 0.219 e. The topological polar surface area (TPSA) is 56.2 Å². The highest BCUT2D eigenvalue weighted by Crippen LogP contribution is 2.23. The molecular formula is C22H26ClN3O2. The van der Waals surface area contributed by atoms with Gasteiger partial charge in [-0.25, -0.2) is 4.98 Å². The SMILES string of the molecule is CCCC(=O)NCCc1nc2ccccc2n1CCCOc1ccccc1Cl. The molecule has 148 valence electrons. The fourth-order valence-electron chi connectivity index (χ4n) is 3.16. The fraction of sp³-hybridized carbons (Fsp3) is 0.364. The number of carbonyl (C=O) groups excluding carboxylic acids is 1. The summed E-state index contributed by atoms with van der Waals surface area (Å²) in [5.41, 5.74) is 2.08. The Labute approximate surface area is 170 Å². The van der Waals surface area contributed by atoms with E-state index in [1.165, 1.54) is 0 Å². The van der Waals surface area contributed by atoms with E-state index in [2.05, 4.69) is 16.0 Å². The summed E-state index contributed by atoms with van der Waals surface area (Å²) in [7, 11) is 0. The molecule has 1 amide bonds. The van der Waals surface area contributed by atoms with Gasteiger partial charge in [0, 0.05) is 25.9 Å². The number of hydrogen-bond donors (Lipinski definition) is 1. The molecule has 28 heavy (non-hydrogen) atoms. The standard InChI is InChI=1S/C22H26ClN3O2/c1-2-8-22(27)24-14-13-21-25-18-10-4-5-11-19(18)26(21)15-7-16-28-20-12-6-3-9-17(20)23/h3-6,9-12H,2,7-8,13-16H2,1H3,(H,24,27). The van der Waals surface area contributed by atoms with Crippen LogP contribution in [0.4, 0.5) is 0 Å². The Hall–Kier alpha value is -2.53. The lowest BCUT2D eigenvalue weighted by molar-refractivity contribution is -0.121. The Kier molecular flexibility index (Phi) is 7.31. The molecule has 1 N–H and O–H groups in total. The molecule has 2 aromatic carbocycles. The minimum atomic E-state index is 0.0956. The predicted octanol–water partition coefficient (Wildman–Crippen LogP) is 4.62. The maximum absolute atomic E-state index is 11.7. The lowest BCUT2D eigenvalue weighted by atomic mass is 10.3. The molecule has 0 bridgehead atoms. The molecular weight excluding hydrogens is 374 g/mol. The van der Waals surface area contributed by atoms with E-state index in [4.69, 9.17) is 21.3 Å². The van der Waals surface area contributed by atoms with Crippen molar-refractivity contribution in [3.05, 3.63) is 59.4 Å². The summed E-state index contributed by atoms with van der Waals surface area (Å²) in [6, 6.07) is 15.6. The second-order valence-electron chi connectivity index (χ2n) is 6.65. The third kappa shape index (κ3) is 5.26. The summed E-state index contributed by atoms with van der Waals surface area (Å²) in [4.78, 5) is 16.5. The highest BCUT2D eigenvalue weighted by molar-refractivity contribution is 6.32. The number of ether oxygens (including phenoxy) is 1. The summed E-state index contributed by atoms with van der Waals surface area (Å²) in [5.74, 6) is 1.78. The molecule has 6 heteroatoms. The first-order valence-corrected chi connectivity index (χ1v) is 10.1. The molecule has 1 aromatic heterocycles. The van der Waals surface area contributed by atoms with Crippen molar-refractivity contribution >= 4 is 28.5 Å². The first-order valence-electron chi connectivity index (χ1n) is 9.77. The van der Waals surface area contributed by atoms with E-state index in [0.29, 0.717) is 36.8 Å². The second-order valence-corrected chi connectivity index (χ2v) is 7.06. The monoisotopic (exact) mass is 399 g/mol. The lowest BCUT2D eigenvalue weighted by Gasteiger charge is -2.11. The minimum Gasteiger partial charge on any atom is -0.492 e. The molecule has 3 aromatic rings. The van der Waals surface area contributed by atoms with Crippen LogP contribution in [0.2, 0.25) is 5.02 Å². The van der Waals surface area contributed by atoms with Crippen LogP contribution in [0.3, 0.4) is 0 Å². The third-order valence-corrected chi connectivity index (χ3v) is 4.81. The largest absolute Gasteiger partial charge is 0.492 e. The molecule has 0 spiro atoms. The van der Waals surface area contributed by atoms with Crippen LogP contribution in [0.15, 0.2) is 48.5 Å². The Morgan fingerprint density at radius 1 is 1.18 bits per heavy atom. The molecule has 0 aliphatic rings. The lowest BCUT2D eigenvalue weighted by Crippen LogP contribution is -2.26. The molecule has 0 atom stereocenters. The van der Waals surface area contributed by atoms with Crippen LogP contribution >= 0.6 is 11.6 Å². The highest BCUT2D eigenvalue weighted by Gasteiger charge is 2.11. The van der Waals surface area contributed by atoms with Crippen molar-refractivity contribution < 1.29 is 9.53 Å². The normalized spacial score (nSPS) is 10.9. The number of para-hydroxylation sites is 3. The Balaban J connectivity index is 1.62. The molecule has 0 radical (unpaired) electrons. The Morgan fingerprint density at radius 3 is 2.79 bits per heavy atom. The van der Waals surface area contributed by atoms with E-state index < -0.39 is 0 Å². The minimum absolute atomic E-state index is 0.0956. The van der Waals surface area contributed by atoms with E-state index in [0.717, 1.165) is 36.2 Å². The van der Waals surface area contributed by atoms with Gasteiger partial charge in [-0.1, -0.05) is 42.8 Å². The second kappa shape index (κ2) is 10.1. The van der Waals surface area contributed by atoms with Gasteiger partial charge in [-0.3, -0.25) is 4.79 Å². The highest BCUT2D eigenvalue weighted by atomic mass is 35.5. The zero-order valence-corrected chi connectivity index (χ0v) is 16.9. The number of nitrogens with zero attached hydrogens (tertiary/aromatic N) is 2. The van der Waals surface area contributed by atoms with E-state index in [1.54, 1.807) is 0 Å². The van der Waals surface area contributed by atoms with Gasteiger partial charge < -0.3 is 14.6 Å². The molecule has 0 aliphatic carbocycles. The van der Waals surface area contributed by atoms with E-state index in [1.807, 2.05) is 49.4 Å². The van der Waals surface area contributed by atoms with Crippen LogP contribution in [-0.4, -0.2) is 28.6 Å². The van der Waals surface area contributed by atoms with Crippen molar-refractivity contribution in [3.63, 3.8) is 0 Å². The maximum Gasteiger partial charge on any atom is 0.219 e. The number of aryl methyl sites for hydroxylation is 1. The fourth-order valence-corrected chi connectivity index (χ4v) is 3.35. The molecule has 1 heterocycles. The Morgan fingerprint density at radius 2 is 1.96 bits per heavy atom. The number of imidazole rings is 1. The van der Waals surface area contributed by atoms with Crippen LogP contribution in [0.25, 0.3) is 11.0 Å². The van der Waals surface area contributed by atoms with Gasteiger partial charge in [0.1, 0.15) is 11.6 Å². The molecule has 0 saturated heterocycles. The van der Waals surface area contributed by atoms with E-state index in [-0.39, 0.29) is 5.91 Å². The summed E-state index contributed by atoms with van der Waals surface area (Å²) < 4.78 is 8.02. The van der Waals surface area contributed by atoms with Gasteiger partial charge in [-0.05, 0) is 37.1 Å². The number of carbonyl (C=O) groups is 1. The third-order valence-electron chi connectivity index (χ3n) is 4.50. The van der Waals surface area contributed by atoms with Gasteiger partial charge >= 0.3 is 0 Å². The van der Waals surface area contributed by atoms with Crippen molar-refractivity contribution in [2.75, 3.05) is 13.2 Å². The Bertz CT molecular complexity index is 923. The quantitative estimate of drug-likeness (QED) is 0.506. The average Bonchev–Trinajstić information content (AvgIpc) is 3.04. The number of nitrogens with one attached hydrogen (secondary N) is 1. The average molecular weight is 400 g/mol. The summed E-state index contributed by atoms with van der Waals surface area (Å²) in [6.45, 7) is 3.97. The van der Waals surface area contributed by atoms with Gasteiger partial charge in [0.05, 0.1) is 22.7 Å². The zero-order chi connectivity index (χ0) is 19.8. The van der Waals surface area contributed by atoms with Crippen LogP contribution < -0.4 is 10.1 Å². The first kappa shape index (κ1) is 20.2. The van der Waals surface area contributed by atoms with Crippen LogP contribution in [0.1, 0.15) is 32.0 Å². The molecule has 5 nitrogen and oxygen atoms in total. The number of benzene rings is 2. The molecule has 0 fully saturated rings. The number of fused-ring (bicyclic) bond motifs is 1. The van der Waals surface area contributed by atoms with Crippen molar-refractivity contribution in [3.8, 4) is 5.75 Å². The van der Waals surface area contributed by atoms with Crippen LogP contribution in [0, 0.1) is 0 Å². The summed E-state index contributed by atoms with van der Waals surface area (Å²) in [5, 5.41) is 3.59. The molecule has 0 aliphatic heterocycles. The first-order chi connectivity index (χ1) is 13.7. The number of aromatic nitrogens is 2. The van der Waals surface area contributed by atoms with Crippen molar-refractivity contribution in [1.82, 2.24) is 14.9 Å². The van der Waals surface area contributed by atoms with Gasteiger partial charge in [0.15, 0.2) is 0 Å². The maximum atomic E-state index is 11.7. The van der Waals surface area contributed by atoms with Gasteiger partial charge in [0.2, 0.25) is 5.91 Å². The molecule has 0 saturated carbocycles. The van der Waals surface area contributed by atoms with Crippen molar-refractivity contribution in [1.29, 1.82) is 0 Å². The van der Waals surface area contributed by atoms with Crippen molar-refractivity contribution in [2.45, 2.75) is 39.2 Å².